The zero-order valence-electron chi connectivity index (χ0n) is 36.7. The number of ketones is 3. The molecule has 8 rings (SSSR count). The van der Waals surface area contributed by atoms with Crippen molar-refractivity contribution in [2.24, 2.45) is 35.5 Å². The number of aryl methyl sites for hydroxylation is 2. The van der Waals surface area contributed by atoms with Crippen LogP contribution in [0.3, 0.4) is 0 Å². The molecular formula is C47H63ClN2O10S. The highest BCUT2D eigenvalue weighted by molar-refractivity contribution is 7.89. The number of Topliss-reactive ketones (excluding diaryl/α,β-unsaturated/α-hetero) is 3. The largest absolute Gasteiger partial charge is 0.469 e. The number of rotatable bonds is 7. The quantitative estimate of drug-likeness (QED) is 0.117. The van der Waals surface area contributed by atoms with Crippen LogP contribution in [0, 0.1) is 35.5 Å². The molecule has 2 aromatic heterocycles. The first-order valence-electron chi connectivity index (χ1n) is 21.7. The minimum absolute atomic E-state index is 0.111. The molecule has 334 valence electrons. The Labute approximate surface area is 365 Å². The van der Waals surface area contributed by atoms with Crippen LogP contribution in [0.1, 0.15) is 143 Å². The summed E-state index contributed by atoms with van der Waals surface area (Å²) in [5.41, 5.74) is 5.68. The summed E-state index contributed by atoms with van der Waals surface area (Å²) in [7, 11) is -4.23. The van der Waals surface area contributed by atoms with E-state index in [-0.39, 0.29) is 40.7 Å². The first kappa shape index (κ1) is 48.0. The number of amides is 2. The lowest BCUT2D eigenvalue weighted by atomic mass is 9.74. The maximum atomic E-state index is 13.0. The fourth-order valence-corrected chi connectivity index (χ4v) is 10.1. The SMILES string of the molecule is CC(C)C1CC(=O)CC(=O)C1.CC(C)C1CC(=O)c2ccoc2C1.CC(C)C1Cc2oc(S(=O)(=O)NC(=O)Nc3c4c(cc5c3CCC5)CCC4)cc2C(C)(O)C1.O=CCCl. The number of urea groups is 1. The molecule has 3 N–H and O–H groups in total. The highest BCUT2D eigenvalue weighted by atomic mass is 35.5. The molecule has 0 saturated heterocycles. The third-order valence-corrected chi connectivity index (χ3v) is 14.2. The number of benzene rings is 1. The van der Waals surface area contributed by atoms with E-state index < -0.39 is 21.7 Å². The molecule has 5 aliphatic rings. The molecule has 0 bridgehead atoms. The second kappa shape index (κ2) is 20.4. The van der Waals surface area contributed by atoms with Crippen molar-refractivity contribution in [3.05, 3.63) is 69.4 Å². The number of anilines is 1. The van der Waals surface area contributed by atoms with Gasteiger partial charge in [-0.1, -0.05) is 47.6 Å². The molecule has 1 aromatic carbocycles. The number of fused-ring (bicyclic) bond motifs is 4. The molecule has 0 radical (unpaired) electrons. The fourth-order valence-electron chi connectivity index (χ4n) is 9.19. The van der Waals surface area contributed by atoms with Crippen LogP contribution in [-0.4, -0.2) is 49.1 Å². The standard InChI is InChI=1S/C25H32N2O5S.C11H14O2.C9H14O2.C2H3ClO/c1-14(2)17-11-21-20(25(3,29)13-17)12-22(32-21)33(30,31)27-24(28)26-23-18-8-4-6-15(18)10-16-7-5-9-19(16)23;1-7(2)8-5-10(12)9-3-4-13-11(9)6-8;1-6(2)7-3-8(10)5-9(11)4-7;3-1-2-4/h10,12,14,17,29H,4-9,11,13H2,1-3H3,(H2,26,27,28);3-4,7-8H,5-6H2,1-2H3;6-7H,3-5H2,1-2H3;2H,1H2. The van der Waals surface area contributed by atoms with Crippen LogP contribution in [0.25, 0.3) is 0 Å². The van der Waals surface area contributed by atoms with Gasteiger partial charge < -0.3 is 24.1 Å². The van der Waals surface area contributed by atoms with Crippen molar-refractivity contribution in [1.29, 1.82) is 0 Å². The minimum atomic E-state index is -4.23. The lowest BCUT2D eigenvalue weighted by Crippen LogP contribution is -2.35. The fraction of sp³-hybridized carbons (Fsp3) is 0.596. The van der Waals surface area contributed by atoms with E-state index in [4.69, 9.17) is 25.2 Å². The molecule has 0 aliphatic heterocycles. The van der Waals surface area contributed by atoms with E-state index >= 15 is 0 Å². The second-order valence-electron chi connectivity index (χ2n) is 18.5. The van der Waals surface area contributed by atoms with Gasteiger partial charge in [0.25, 0.3) is 10.0 Å². The van der Waals surface area contributed by atoms with Crippen molar-refractivity contribution < 1.29 is 46.3 Å². The normalized spacial score (nSPS) is 21.9. The van der Waals surface area contributed by atoms with Gasteiger partial charge in [0.05, 0.1) is 29.7 Å². The van der Waals surface area contributed by atoms with Crippen LogP contribution in [0.5, 0.6) is 0 Å². The molecule has 61 heavy (non-hydrogen) atoms. The molecule has 2 heterocycles. The van der Waals surface area contributed by atoms with Gasteiger partial charge in [0, 0.05) is 49.4 Å². The van der Waals surface area contributed by atoms with E-state index in [9.17, 15) is 32.7 Å². The number of aliphatic hydroxyl groups is 1. The molecule has 2 amide bonds. The maximum absolute atomic E-state index is 13.0. The highest BCUT2D eigenvalue weighted by Crippen LogP contribution is 2.43. The lowest BCUT2D eigenvalue weighted by molar-refractivity contribution is -0.131. The Morgan fingerprint density at radius 1 is 0.852 bits per heavy atom. The predicted molar refractivity (Wildman–Crippen MR) is 233 cm³/mol. The molecule has 3 unspecified atom stereocenters. The van der Waals surface area contributed by atoms with E-state index in [2.05, 4.69) is 57.6 Å². The van der Waals surface area contributed by atoms with Crippen LogP contribution >= 0.6 is 11.6 Å². The zero-order chi connectivity index (χ0) is 44.8. The number of halogens is 1. The number of hydrogen-bond acceptors (Lipinski definition) is 10. The van der Waals surface area contributed by atoms with Crippen LogP contribution < -0.4 is 10.0 Å². The molecule has 5 aliphatic carbocycles. The molecular weight excluding hydrogens is 820 g/mol. The average molecular weight is 884 g/mol. The summed E-state index contributed by atoms with van der Waals surface area (Å²) in [6.45, 7) is 14.3. The summed E-state index contributed by atoms with van der Waals surface area (Å²) in [4.78, 5) is 55.4. The Kier molecular flexibility index (Phi) is 16.1. The third kappa shape index (κ3) is 11.9. The lowest BCUT2D eigenvalue weighted by Gasteiger charge is -2.35. The summed E-state index contributed by atoms with van der Waals surface area (Å²) >= 11 is 4.82. The Hall–Kier alpha value is -4.07. The topological polar surface area (TPSA) is 190 Å². The van der Waals surface area contributed by atoms with Gasteiger partial charge in [-0.25, -0.2) is 9.52 Å². The first-order chi connectivity index (χ1) is 28.7. The molecule has 12 nitrogen and oxygen atoms in total. The van der Waals surface area contributed by atoms with Crippen molar-refractivity contribution >= 4 is 57.0 Å². The van der Waals surface area contributed by atoms with Gasteiger partial charge >= 0.3 is 6.03 Å². The van der Waals surface area contributed by atoms with Crippen LogP contribution in [0.2, 0.25) is 0 Å². The smallest absolute Gasteiger partial charge is 0.333 e. The molecule has 3 atom stereocenters. The molecule has 14 heteroatoms. The van der Waals surface area contributed by atoms with Gasteiger partial charge in [-0.05, 0) is 116 Å². The van der Waals surface area contributed by atoms with Gasteiger partial charge in [0.1, 0.15) is 29.4 Å². The Bertz CT molecular complexity index is 2150. The number of hydrogen-bond donors (Lipinski definition) is 3. The summed E-state index contributed by atoms with van der Waals surface area (Å²) in [6.07, 6.45) is 12.2. The Balaban J connectivity index is 0.000000204. The number of carbonyl (C=O) groups is 5. The number of furan rings is 2. The molecule has 1 fully saturated rings. The van der Waals surface area contributed by atoms with E-state index in [0.29, 0.717) is 79.3 Å². The third-order valence-electron chi connectivity index (χ3n) is 12.9. The van der Waals surface area contributed by atoms with Crippen LogP contribution in [-0.2, 0) is 68.5 Å². The van der Waals surface area contributed by atoms with E-state index in [1.54, 1.807) is 19.3 Å². The zero-order valence-corrected chi connectivity index (χ0v) is 38.2. The van der Waals surface area contributed by atoms with E-state index in [0.717, 1.165) is 73.1 Å². The first-order valence-corrected chi connectivity index (χ1v) is 23.7. The summed E-state index contributed by atoms with van der Waals surface area (Å²) in [5, 5.41) is 13.4. The van der Waals surface area contributed by atoms with Gasteiger partial charge in [0.15, 0.2) is 5.78 Å². The van der Waals surface area contributed by atoms with Gasteiger partial charge in [-0.2, -0.15) is 8.42 Å². The number of alkyl halides is 1. The summed E-state index contributed by atoms with van der Waals surface area (Å²) in [6, 6.07) is 4.62. The number of sulfonamides is 1. The second-order valence-corrected chi connectivity index (χ2v) is 20.4. The van der Waals surface area contributed by atoms with Crippen molar-refractivity contribution in [3.63, 3.8) is 0 Å². The van der Waals surface area contributed by atoms with Gasteiger partial charge in [0.2, 0.25) is 5.09 Å². The Morgan fingerprint density at radius 2 is 1.39 bits per heavy atom. The van der Waals surface area contributed by atoms with Crippen LogP contribution in [0.4, 0.5) is 10.5 Å². The molecule has 0 spiro atoms. The average Bonchev–Trinajstić information content (AvgIpc) is 4.01. The van der Waals surface area contributed by atoms with Crippen molar-refractivity contribution in [1.82, 2.24) is 4.72 Å². The van der Waals surface area contributed by atoms with Crippen LogP contribution in [0.15, 0.2) is 38.4 Å². The molecule has 3 aromatic rings. The minimum Gasteiger partial charge on any atom is -0.469 e. The predicted octanol–water partition coefficient (Wildman–Crippen LogP) is 8.88. The number of aldehydes is 1. The van der Waals surface area contributed by atoms with E-state index in [1.165, 1.54) is 17.2 Å². The van der Waals surface area contributed by atoms with Gasteiger partial charge in [-0.15, -0.1) is 11.6 Å². The monoisotopic (exact) mass is 882 g/mol. The molecule has 1 saturated carbocycles. The number of carbonyl (C=O) groups excluding carboxylic acids is 5. The Morgan fingerprint density at radius 3 is 1.93 bits per heavy atom. The summed E-state index contributed by atoms with van der Waals surface area (Å²) < 4.78 is 39.1. The van der Waals surface area contributed by atoms with Crippen molar-refractivity contribution in [3.8, 4) is 0 Å². The maximum Gasteiger partial charge on any atom is 0.333 e. The van der Waals surface area contributed by atoms with E-state index in [1.807, 2.05) is 0 Å². The highest BCUT2D eigenvalue weighted by Gasteiger charge is 2.41. The van der Waals surface area contributed by atoms with Gasteiger partial charge in [-0.3, -0.25) is 14.4 Å². The number of nitrogens with one attached hydrogen (secondary N) is 2. The van der Waals surface area contributed by atoms with Crippen molar-refractivity contribution in [2.45, 2.75) is 143 Å². The summed E-state index contributed by atoms with van der Waals surface area (Å²) in [5.74, 6) is 4.27. The van der Waals surface area contributed by atoms with Crippen molar-refractivity contribution in [2.75, 3.05) is 11.2 Å².